The molecule has 0 atom stereocenters. The average molecular weight is 277 g/mol. The Kier molecular flexibility index (Phi) is 4.07. The van der Waals surface area contributed by atoms with Crippen molar-refractivity contribution in [2.45, 2.75) is 6.92 Å². The normalized spacial score (nSPS) is 10.1. The van der Waals surface area contributed by atoms with E-state index >= 15 is 0 Å². The van der Waals surface area contributed by atoms with Crippen LogP contribution in [0.4, 0.5) is 0 Å². The van der Waals surface area contributed by atoms with E-state index in [-0.39, 0.29) is 5.97 Å². The maximum atomic E-state index is 11.0. The first kappa shape index (κ1) is 13.4. The van der Waals surface area contributed by atoms with E-state index in [2.05, 4.69) is 0 Å². The van der Waals surface area contributed by atoms with E-state index in [1.54, 1.807) is 25.3 Å². The van der Waals surface area contributed by atoms with E-state index in [1.165, 1.54) is 6.92 Å². The first-order chi connectivity index (χ1) is 9.08. The molecule has 0 N–H and O–H groups in total. The summed E-state index contributed by atoms with van der Waals surface area (Å²) in [6.45, 7) is 1.37. The predicted octanol–water partition coefficient (Wildman–Crippen LogP) is 3.94. The second-order valence-corrected chi connectivity index (χ2v) is 4.44. The van der Waals surface area contributed by atoms with Crippen LogP contribution in [0.15, 0.2) is 42.5 Å². The van der Waals surface area contributed by atoms with Crippen molar-refractivity contribution >= 4 is 17.6 Å². The Bertz CT molecular complexity index is 608. The van der Waals surface area contributed by atoms with Gasteiger partial charge in [0.05, 0.1) is 7.11 Å². The van der Waals surface area contributed by atoms with Crippen molar-refractivity contribution in [3.8, 4) is 22.6 Å². The Balaban J connectivity index is 2.41. The van der Waals surface area contributed by atoms with Gasteiger partial charge >= 0.3 is 5.97 Å². The molecule has 0 unspecified atom stereocenters. The number of rotatable bonds is 3. The Morgan fingerprint density at radius 1 is 1.05 bits per heavy atom. The second kappa shape index (κ2) is 5.76. The van der Waals surface area contributed by atoms with Crippen molar-refractivity contribution in [3.63, 3.8) is 0 Å². The van der Waals surface area contributed by atoms with Gasteiger partial charge in [0.25, 0.3) is 0 Å². The Labute approximate surface area is 116 Å². The van der Waals surface area contributed by atoms with Gasteiger partial charge in [-0.15, -0.1) is 0 Å². The molecule has 3 nitrogen and oxygen atoms in total. The van der Waals surface area contributed by atoms with Crippen LogP contribution >= 0.6 is 11.6 Å². The number of methoxy groups -OCH3 is 1. The summed E-state index contributed by atoms with van der Waals surface area (Å²) in [5.74, 6) is 0.838. The molecule has 19 heavy (non-hydrogen) atoms. The van der Waals surface area contributed by atoms with Gasteiger partial charge in [-0.3, -0.25) is 4.79 Å². The molecule has 0 aliphatic carbocycles. The standard InChI is InChI=1S/C15H13ClO3/c1-10(17)19-14-5-3-4-11(7-14)12-6-13(16)9-15(8-12)18-2/h3-9H,1-2H3. The Hall–Kier alpha value is -2.00. The lowest BCUT2D eigenvalue weighted by Crippen LogP contribution is -2.01. The van der Waals surface area contributed by atoms with Crippen molar-refractivity contribution in [2.75, 3.05) is 7.11 Å². The highest BCUT2D eigenvalue weighted by Crippen LogP contribution is 2.30. The van der Waals surface area contributed by atoms with E-state index < -0.39 is 0 Å². The summed E-state index contributed by atoms with van der Waals surface area (Å²) in [6.07, 6.45) is 0. The fourth-order valence-corrected chi connectivity index (χ4v) is 1.98. The predicted molar refractivity (Wildman–Crippen MR) is 74.7 cm³/mol. The highest BCUT2D eigenvalue weighted by atomic mass is 35.5. The molecule has 0 aromatic heterocycles. The van der Waals surface area contributed by atoms with Crippen molar-refractivity contribution < 1.29 is 14.3 Å². The van der Waals surface area contributed by atoms with Crippen LogP contribution in [0, 0.1) is 0 Å². The van der Waals surface area contributed by atoms with Crippen LogP contribution in [0.25, 0.3) is 11.1 Å². The quantitative estimate of drug-likeness (QED) is 0.629. The molecule has 0 saturated carbocycles. The van der Waals surface area contributed by atoms with E-state index in [0.29, 0.717) is 16.5 Å². The summed E-state index contributed by atoms with van der Waals surface area (Å²) in [6, 6.07) is 12.7. The SMILES string of the molecule is COc1cc(Cl)cc(-c2cccc(OC(C)=O)c2)c1. The molecule has 0 bridgehead atoms. The Morgan fingerprint density at radius 2 is 1.79 bits per heavy atom. The first-order valence-electron chi connectivity index (χ1n) is 5.72. The zero-order valence-electron chi connectivity index (χ0n) is 10.6. The van der Waals surface area contributed by atoms with Crippen LogP contribution in [-0.4, -0.2) is 13.1 Å². The van der Waals surface area contributed by atoms with Gasteiger partial charge in [0, 0.05) is 11.9 Å². The number of hydrogen-bond acceptors (Lipinski definition) is 3. The van der Waals surface area contributed by atoms with Crippen molar-refractivity contribution in [2.24, 2.45) is 0 Å². The smallest absolute Gasteiger partial charge is 0.308 e. The average Bonchev–Trinajstić information content (AvgIpc) is 2.37. The summed E-state index contributed by atoms with van der Waals surface area (Å²) < 4.78 is 10.2. The topological polar surface area (TPSA) is 35.5 Å². The third kappa shape index (κ3) is 3.48. The van der Waals surface area contributed by atoms with Crippen molar-refractivity contribution in [1.82, 2.24) is 0 Å². The Morgan fingerprint density at radius 3 is 2.47 bits per heavy atom. The molecule has 98 valence electrons. The molecule has 0 heterocycles. The molecule has 4 heteroatoms. The molecule has 2 rings (SSSR count). The minimum Gasteiger partial charge on any atom is -0.497 e. The lowest BCUT2D eigenvalue weighted by atomic mass is 10.1. The summed E-state index contributed by atoms with van der Waals surface area (Å²) in [7, 11) is 1.59. The summed E-state index contributed by atoms with van der Waals surface area (Å²) in [5.41, 5.74) is 1.80. The highest BCUT2D eigenvalue weighted by Gasteiger charge is 2.05. The first-order valence-corrected chi connectivity index (χ1v) is 6.10. The highest BCUT2D eigenvalue weighted by molar-refractivity contribution is 6.31. The summed E-state index contributed by atoms with van der Waals surface area (Å²) in [5, 5.41) is 0.590. The zero-order chi connectivity index (χ0) is 13.8. The van der Waals surface area contributed by atoms with Gasteiger partial charge in [0.2, 0.25) is 0 Å². The minimum atomic E-state index is -0.346. The lowest BCUT2D eigenvalue weighted by Gasteiger charge is -2.08. The largest absolute Gasteiger partial charge is 0.497 e. The summed E-state index contributed by atoms with van der Waals surface area (Å²) in [4.78, 5) is 11.0. The number of hydrogen-bond donors (Lipinski definition) is 0. The molecule has 0 spiro atoms. The van der Waals surface area contributed by atoms with Crippen molar-refractivity contribution in [1.29, 1.82) is 0 Å². The van der Waals surface area contributed by atoms with Gasteiger partial charge in [-0.25, -0.2) is 0 Å². The molecule has 0 radical (unpaired) electrons. The van der Waals surface area contributed by atoms with E-state index in [9.17, 15) is 4.79 Å². The molecule has 0 aliphatic heterocycles. The number of ether oxygens (including phenoxy) is 2. The van der Waals surface area contributed by atoms with Crippen molar-refractivity contribution in [3.05, 3.63) is 47.5 Å². The van der Waals surface area contributed by atoms with E-state index in [1.807, 2.05) is 24.3 Å². The molecule has 0 amide bonds. The third-order valence-corrected chi connectivity index (χ3v) is 2.75. The third-order valence-electron chi connectivity index (χ3n) is 2.54. The van der Waals surface area contributed by atoms with E-state index in [0.717, 1.165) is 11.1 Å². The molecule has 0 saturated heterocycles. The van der Waals surface area contributed by atoms with Crippen LogP contribution in [0.5, 0.6) is 11.5 Å². The fourth-order valence-electron chi connectivity index (χ4n) is 1.75. The molecule has 0 aliphatic rings. The monoisotopic (exact) mass is 276 g/mol. The van der Waals surface area contributed by atoms with Gasteiger partial charge in [0.15, 0.2) is 0 Å². The van der Waals surface area contributed by atoms with Gasteiger partial charge < -0.3 is 9.47 Å². The van der Waals surface area contributed by atoms with Crippen LogP contribution in [0.2, 0.25) is 5.02 Å². The molecular weight excluding hydrogens is 264 g/mol. The van der Waals surface area contributed by atoms with Crippen LogP contribution in [0.3, 0.4) is 0 Å². The molecular formula is C15H13ClO3. The fraction of sp³-hybridized carbons (Fsp3) is 0.133. The van der Waals surface area contributed by atoms with Gasteiger partial charge in [0.1, 0.15) is 11.5 Å². The van der Waals surface area contributed by atoms with Crippen LogP contribution in [-0.2, 0) is 4.79 Å². The van der Waals surface area contributed by atoms with Crippen LogP contribution < -0.4 is 9.47 Å². The van der Waals surface area contributed by atoms with Crippen LogP contribution in [0.1, 0.15) is 6.92 Å². The second-order valence-electron chi connectivity index (χ2n) is 4.00. The number of carbonyl (C=O) groups is 1. The number of carbonyl (C=O) groups excluding carboxylic acids is 1. The minimum absolute atomic E-state index is 0.346. The van der Waals surface area contributed by atoms with E-state index in [4.69, 9.17) is 21.1 Å². The number of halogens is 1. The molecule has 0 fully saturated rings. The van der Waals surface area contributed by atoms with Gasteiger partial charge in [-0.2, -0.15) is 0 Å². The number of benzene rings is 2. The van der Waals surface area contributed by atoms with Gasteiger partial charge in [-0.1, -0.05) is 23.7 Å². The number of esters is 1. The van der Waals surface area contributed by atoms with Gasteiger partial charge in [-0.05, 0) is 41.5 Å². The molecule has 2 aromatic rings. The maximum Gasteiger partial charge on any atom is 0.308 e. The lowest BCUT2D eigenvalue weighted by molar-refractivity contribution is -0.131. The maximum absolute atomic E-state index is 11.0. The molecule has 2 aromatic carbocycles. The zero-order valence-corrected chi connectivity index (χ0v) is 11.4. The summed E-state index contributed by atoms with van der Waals surface area (Å²) >= 11 is 6.04.